The third-order valence-electron chi connectivity index (χ3n) is 2.99. The number of aryl methyl sites for hydroxylation is 3. The van der Waals surface area contributed by atoms with Gasteiger partial charge in [0, 0.05) is 0 Å². The summed E-state index contributed by atoms with van der Waals surface area (Å²) in [5, 5.41) is 0. The molecule has 20 heavy (non-hydrogen) atoms. The summed E-state index contributed by atoms with van der Waals surface area (Å²) in [6.45, 7) is 5.77. The van der Waals surface area contributed by atoms with Crippen LogP contribution in [-0.2, 0) is 4.79 Å². The van der Waals surface area contributed by atoms with Crippen LogP contribution in [0.4, 0.5) is 0 Å². The SMILES string of the molecule is Cc1ccc(OCC(=O)Oc2ccccc2C)c(C)c1. The minimum atomic E-state index is -0.403. The molecule has 104 valence electrons. The Morgan fingerprint density at radius 1 is 0.950 bits per heavy atom. The first-order valence-corrected chi connectivity index (χ1v) is 6.52. The molecule has 0 aromatic heterocycles. The molecule has 0 atom stereocenters. The average molecular weight is 270 g/mol. The van der Waals surface area contributed by atoms with E-state index in [1.165, 1.54) is 0 Å². The molecule has 0 aliphatic heterocycles. The smallest absolute Gasteiger partial charge is 0.349 e. The first kappa shape index (κ1) is 14.1. The molecule has 0 aliphatic carbocycles. The Morgan fingerprint density at radius 2 is 1.70 bits per heavy atom. The molecule has 2 aromatic carbocycles. The van der Waals surface area contributed by atoms with Crippen molar-refractivity contribution >= 4 is 5.97 Å². The van der Waals surface area contributed by atoms with Crippen LogP contribution in [0.5, 0.6) is 11.5 Å². The van der Waals surface area contributed by atoms with E-state index in [0.717, 1.165) is 16.7 Å². The van der Waals surface area contributed by atoms with Gasteiger partial charge in [-0.15, -0.1) is 0 Å². The van der Waals surface area contributed by atoms with Crippen molar-refractivity contribution in [3.05, 3.63) is 59.2 Å². The van der Waals surface area contributed by atoms with Crippen LogP contribution in [0.2, 0.25) is 0 Å². The number of esters is 1. The molecule has 3 heteroatoms. The summed E-state index contributed by atoms with van der Waals surface area (Å²) in [5.41, 5.74) is 3.10. The molecule has 0 fully saturated rings. The zero-order chi connectivity index (χ0) is 14.5. The Hall–Kier alpha value is -2.29. The van der Waals surface area contributed by atoms with Gasteiger partial charge in [0.25, 0.3) is 0 Å². The van der Waals surface area contributed by atoms with Crippen LogP contribution >= 0.6 is 0 Å². The maximum Gasteiger partial charge on any atom is 0.349 e. The number of rotatable bonds is 4. The van der Waals surface area contributed by atoms with E-state index in [9.17, 15) is 4.79 Å². The topological polar surface area (TPSA) is 35.5 Å². The maximum atomic E-state index is 11.8. The highest BCUT2D eigenvalue weighted by Crippen LogP contribution is 2.19. The number of hydrogen-bond acceptors (Lipinski definition) is 3. The van der Waals surface area contributed by atoms with Crippen LogP contribution in [0.25, 0.3) is 0 Å². The lowest BCUT2D eigenvalue weighted by Gasteiger charge is -2.10. The van der Waals surface area contributed by atoms with Crippen LogP contribution in [0.3, 0.4) is 0 Å². The molecule has 0 unspecified atom stereocenters. The molecule has 0 spiro atoms. The number of carbonyl (C=O) groups excluding carboxylic acids is 1. The van der Waals surface area contributed by atoms with E-state index in [2.05, 4.69) is 0 Å². The normalized spacial score (nSPS) is 10.2. The van der Waals surface area contributed by atoms with E-state index < -0.39 is 5.97 Å². The lowest BCUT2D eigenvalue weighted by Crippen LogP contribution is -2.18. The van der Waals surface area contributed by atoms with E-state index in [1.807, 2.05) is 57.2 Å². The number of benzene rings is 2. The van der Waals surface area contributed by atoms with E-state index in [-0.39, 0.29) is 6.61 Å². The summed E-state index contributed by atoms with van der Waals surface area (Å²) in [5.74, 6) is 0.873. The van der Waals surface area contributed by atoms with Crippen LogP contribution in [0.1, 0.15) is 16.7 Å². The fourth-order valence-electron chi connectivity index (χ4n) is 1.92. The highest BCUT2D eigenvalue weighted by Gasteiger charge is 2.09. The predicted molar refractivity (Wildman–Crippen MR) is 78.2 cm³/mol. The summed E-state index contributed by atoms with van der Waals surface area (Å²) in [7, 11) is 0. The number of ether oxygens (including phenoxy) is 2. The molecule has 0 bridgehead atoms. The minimum Gasteiger partial charge on any atom is -0.482 e. The number of para-hydroxylation sites is 1. The molecular formula is C17H18O3. The summed E-state index contributed by atoms with van der Waals surface area (Å²) in [4.78, 5) is 11.8. The highest BCUT2D eigenvalue weighted by atomic mass is 16.6. The van der Waals surface area contributed by atoms with Crippen molar-refractivity contribution in [1.29, 1.82) is 0 Å². The van der Waals surface area contributed by atoms with Crippen molar-refractivity contribution in [3.63, 3.8) is 0 Å². The van der Waals surface area contributed by atoms with Crippen molar-refractivity contribution in [1.82, 2.24) is 0 Å². The molecule has 2 rings (SSSR count). The molecule has 0 saturated carbocycles. The van der Waals surface area contributed by atoms with Gasteiger partial charge in [0.05, 0.1) is 0 Å². The number of hydrogen-bond donors (Lipinski definition) is 0. The standard InChI is InChI=1S/C17H18O3/c1-12-8-9-15(14(3)10-12)19-11-17(18)20-16-7-5-4-6-13(16)2/h4-10H,11H2,1-3H3. The summed E-state index contributed by atoms with van der Waals surface area (Å²) in [6, 6.07) is 13.2. The highest BCUT2D eigenvalue weighted by molar-refractivity contribution is 5.74. The van der Waals surface area contributed by atoms with Gasteiger partial charge in [0.2, 0.25) is 0 Å². The van der Waals surface area contributed by atoms with Crippen molar-refractivity contribution in [2.75, 3.05) is 6.61 Å². The zero-order valence-corrected chi connectivity index (χ0v) is 12.0. The van der Waals surface area contributed by atoms with Gasteiger partial charge in [-0.3, -0.25) is 0 Å². The molecule has 0 radical (unpaired) electrons. The molecule has 0 saturated heterocycles. The van der Waals surface area contributed by atoms with Gasteiger partial charge in [0.1, 0.15) is 11.5 Å². The van der Waals surface area contributed by atoms with Gasteiger partial charge in [-0.1, -0.05) is 35.9 Å². The van der Waals surface area contributed by atoms with Gasteiger partial charge in [-0.05, 0) is 44.0 Å². The molecule has 3 nitrogen and oxygen atoms in total. The summed E-state index contributed by atoms with van der Waals surface area (Å²) in [6.07, 6.45) is 0. The largest absolute Gasteiger partial charge is 0.482 e. The van der Waals surface area contributed by atoms with E-state index >= 15 is 0 Å². The fourth-order valence-corrected chi connectivity index (χ4v) is 1.92. The predicted octanol–water partition coefficient (Wildman–Crippen LogP) is 3.60. The molecule has 2 aromatic rings. The Labute approximate surface area is 119 Å². The van der Waals surface area contributed by atoms with Gasteiger partial charge in [0.15, 0.2) is 6.61 Å². The lowest BCUT2D eigenvalue weighted by atomic mass is 10.1. The second-order valence-electron chi connectivity index (χ2n) is 4.80. The monoisotopic (exact) mass is 270 g/mol. The molecule has 0 amide bonds. The fraction of sp³-hybridized carbons (Fsp3) is 0.235. The third-order valence-corrected chi connectivity index (χ3v) is 2.99. The Kier molecular flexibility index (Phi) is 4.41. The van der Waals surface area contributed by atoms with Crippen LogP contribution in [0.15, 0.2) is 42.5 Å². The molecule has 0 N–H and O–H groups in total. The Balaban J connectivity index is 1.94. The minimum absolute atomic E-state index is 0.0990. The van der Waals surface area contributed by atoms with Gasteiger partial charge in [-0.25, -0.2) is 4.79 Å². The Morgan fingerprint density at radius 3 is 2.40 bits per heavy atom. The quantitative estimate of drug-likeness (QED) is 0.629. The van der Waals surface area contributed by atoms with E-state index in [1.54, 1.807) is 6.07 Å². The van der Waals surface area contributed by atoms with Crippen molar-refractivity contribution < 1.29 is 14.3 Å². The van der Waals surface area contributed by atoms with Crippen molar-refractivity contribution in [3.8, 4) is 11.5 Å². The molecular weight excluding hydrogens is 252 g/mol. The first-order chi connectivity index (χ1) is 9.56. The van der Waals surface area contributed by atoms with E-state index in [4.69, 9.17) is 9.47 Å². The Bertz CT molecular complexity index is 617. The van der Waals surface area contributed by atoms with Gasteiger partial charge in [-0.2, -0.15) is 0 Å². The summed E-state index contributed by atoms with van der Waals surface area (Å²) < 4.78 is 10.8. The van der Waals surface area contributed by atoms with Crippen LogP contribution in [0, 0.1) is 20.8 Å². The van der Waals surface area contributed by atoms with Crippen LogP contribution in [-0.4, -0.2) is 12.6 Å². The van der Waals surface area contributed by atoms with E-state index in [0.29, 0.717) is 11.5 Å². The molecule has 0 aliphatic rings. The van der Waals surface area contributed by atoms with Gasteiger partial charge >= 0.3 is 5.97 Å². The van der Waals surface area contributed by atoms with Crippen molar-refractivity contribution in [2.45, 2.75) is 20.8 Å². The van der Waals surface area contributed by atoms with Crippen LogP contribution < -0.4 is 9.47 Å². The first-order valence-electron chi connectivity index (χ1n) is 6.52. The zero-order valence-electron chi connectivity index (χ0n) is 12.0. The summed E-state index contributed by atoms with van der Waals surface area (Å²) >= 11 is 0. The second-order valence-corrected chi connectivity index (χ2v) is 4.80. The maximum absolute atomic E-state index is 11.8. The number of carbonyl (C=O) groups is 1. The van der Waals surface area contributed by atoms with Gasteiger partial charge < -0.3 is 9.47 Å². The molecule has 0 heterocycles. The second kappa shape index (κ2) is 6.24. The third kappa shape index (κ3) is 3.60. The van der Waals surface area contributed by atoms with Crippen molar-refractivity contribution in [2.24, 2.45) is 0 Å². The average Bonchev–Trinajstić information content (AvgIpc) is 2.40. The lowest BCUT2D eigenvalue weighted by molar-refractivity contribution is -0.136.